The van der Waals surface area contributed by atoms with E-state index in [0.29, 0.717) is 5.06 Å². The number of rotatable bonds is 8. The molecule has 2 N–H and O–H groups in total. The van der Waals surface area contributed by atoms with Crippen LogP contribution in [0.5, 0.6) is 0 Å². The number of nitrogens with zero attached hydrogens (tertiary/aromatic N) is 1. The largest absolute Gasteiger partial charge is 0.467 e. The van der Waals surface area contributed by atoms with Gasteiger partial charge in [0, 0.05) is 6.42 Å². The minimum Gasteiger partial charge on any atom is -0.467 e. The molecule has 1 aliphatic heterocycles. The number of esters is 2. The van der Waals surface area contributed by atoms with Crippen LogP contribution < -0.4 is 10.6 Å². The second-order valence-corrected chi connectivity index (χ2v) is 6.76. The minimum atomic E-state index is -1.24. The SMILES string of the molecule is COC(=O)[C@H](C)NC(=O)[C@@H]1C[C@H](C(=O)OC)ON1C(=O)CNC(=O)OCc1ccccc1. The van der Waals surface area contributed by atoms with Gasteiger partial charge in [0.25, 0.3) is 5.91 Å². The van der Waals surface area contributed by atoms with Gasteiger partial charge in [-0.15, -0.1) is 0 Å². The predicted octanol–water partition coefficient (Wildman–Crippen LogP) is -0.335. The molecule has 0 aromatic heterocycles. The Kier molecular flexibility index (Phi) is 8.95. The zero-order valence-corrected chi connectivity index (χ0v) is 17.9. The molecule has 0 aliphatic carbocycles. The quantitative estimate of drug-likeness (QED) is 0.400. The van der Waals surface area contributed by atoms with Crippen LogP contribution in [0.15, 0.2) is 30.3 Å². The minimum absolute atomic E-state index is 0.00192. The Labute approximate surface area is 184 Å². The number of alkyl carbamates (subject to hydrolysis) is 1. The molecular formula is C20H25N3O9. The highest BCUT2D eigenvalue weighted by Gasteiger charge is 2.45. The van der Waals surface area contributed by atoms with E-state index in [1.165, 1.54) is 6.92 Å². The normalized spacial score (nSPS) is 18.3. The Morgan fingerprint density at radius 2 is 1.81 bits per heavy atom. The van der Waals surface area contributed by atoms with E-state index in [-0.39, 0.29) is 13.0 Å². The summed E-state index contributed by atoms with van der Waals surface area (Å²) in [6.45, 7) is 0.841. The lowest BCUT2D eigenvalue weighted by atomic mass is 10.1. The lowest BCUT2D eigenvalue weighted by molar-refractivity contribution is -0.196. The number of hydroxylamine groups is 2. The van der Waals surface area contributed by atoms with Gasteiger partial charge in [-0.25, -0.2) is 19.4 Å². The summed E-state index contributed by atoms with van der Waals surface area (Å²) < 4.78 is 14.2. The molecule has 12 heteroatoms. The fraction of sp³-hybridized carbons (Fsp3) is 0.450. The monoisotopic (exact) mass is 451 g/mol. The average molecular weight is 451 g/mol. The van der Waals surface area contributed by atoms with Crippen LogP contribution in [0, 0.1) is 0 Å². The fourth-order valence-corrected chi connectivity index (χ4v) is 2.81. The summed E-state index contributed by atoms with van der Waals surface area (Å²) in [5, 5.41) is 5.33. The molecular weight excluding hydrogens is 426 g/mol. The molecule has 0 bridgehead atoms. The van der Waals surface area contributed by atoms with Crippen molar-refractivity contribution in [3.63, 3.8) is 0 Å². The maximum absolute atomic E-state index is 12.6. The van der Waals surface area contributed by atoms with Crippen LogP contribution >= 0.6 is 0 Å². The highest BCUT2D eigenvalue weighted by molar-refractivity contribution is 5.92. The molecule has 3 amide bonds. The first kappa shape index (κ1) is 24.6. The Morgan fingerprint density at radius 3 is 2.44 bits per heavy atom. The molecule has 1 aromatic rings. The number of hydrogen-bond acceptors (Lipinski definition) is 9. The molecule has 0 saturated carbocycles. The molecule has 3 atom stereocenters. The third-order valence-electron chi connectivity index (χ3n) is 4.48. The standard InChI is InChI=1S/C20H25N3O9/c1-12(18(26)29-2)22-17(25)14-9-15(19(27)30-3)32-23(14)16(24)10-21-20(28)31-11-13-7-5-4-6-8-13/h4-8,12,14-15H,9-11H2,1-3H3,(H,21,28)(H,22,25)/t12-,14-,15+/m0/s1. The highest BCUT2D eigenvalue weighted by Crippen LogP contribution is 2.23. The Hall–Kier alpha value is -3.67. The van der Waals surface area contributed by atoms with Gasteiger partial charge >= 0.3 is 18.0 Å². The van der Waals surface area contributed by atoms with Crippen LogP contribution in [-0.4, -0.2) is 73.9 Å². The van der Waals surface area contributed by atoms with Crippen LogP contribution in [0.2, 0.25) is 0 Å². The molecule has 2 rings (SSSR count). The molecule has 0 radical (unpaired) electrons. The average Bonchev–Trinajstić information content (AvgIpc) is 3.26. The number of methoxy groups -OCH3 is 2. The number of nitrogens with one attached hydrogen (secondary N) is 2. The van der Waals surface area contributed by atoms with E-state index in [9.17, 15) is 24.0 Å². The summed E-state index contributed by atoms with van der Waals surface area (Å²) in [5.41, 5.74) is 0.759. The molecule has 12 nitrogen and oxygen atoms in total. The smallest absolute Gasteiger partial charge is 0.407 e. The Morgan fingerprint density at radius 1 is 1.12 bits per heavy atom. The number of ether oxygens (including phenoxy) is 3. The van der Waals surface area contributed by atoms with E-state index in [1.807, 2.05) is 6.07 Å². The summed E-state index contributed by atoms with van der Waals surface area (Å²) in [6, 6.07) is 6.69. The van der Waals surface area contributed by atoms with Crippen molar-refractivity contribution in [1.29, 1.82) is 0 Å². The number of hydrogen-bond donors (Lipinski definition) is 2. The molecule has 174 valence electrons. The van der Waals surface area contributed by atoms with Crippen LogP contribution in [0.25, 0.3) is 0 Å². The van der Waals surface area contributed by atoms with Gasteiger partial charge in [0.05, 0.1) is 14.2 Å². The molecule has 1 heterocycles. The van der Waals surface area contributed by atoms with E-state index in [4.69, 9.17) is 9.57 Å². The molecule has 0 unspecified atom stereocenters. The van der Waals surface area contributed by atoms with Crippen molar-refractivity contribution in [1.82, 2.24) is 15.7 Å². The van der Waals surface area contributed by atoms with Crippen LogP contribution in [0.3, 0.4) is 0 Å². The molecule has 1 aromatic carbocycles. The first-order valence-corrected chi connectivity index (χ1v) is 9.66. The van der Waals surface area contributed by atoms with Crippen molar-refractivity contribution in [2.75, 3.05) is 20.8 Å². The topological polar surface area (TPSA) is 150 Å². The fourth-order valence-electron chi connectivity index (χ4n) is 2.81. The maximum Gasteiger partial charge on any atom is 0.407 e. The van der Waals surface area contributed by atoms with E-state index >= 15 is 0 Å². The summed E-state index contributed by atoms with van der Waals surface area (Å²) in [7, 11) is 2.30. The van der Waals surface area contributed by atoms with E-state index < -0.39 is 54.6 Å². The summed E-state index contributed by atoms with van der Waals surface area (Å²) in [4.78, 5) is 65.7. The molecule has 32 heavy (non-hydrogen) atoms. The lowest BCUT2D eigenvalue weighted by Gasteiger charge is -2.23. The second-order valence-electron chi connectivity index (χ2n) is 6.76. The zero-order valence-electron chi connectivity index (χ0n) is 17.9. The van der Waals surface area contributed by atoms with Gasteiger partial charge in [-0.1, -0.05) is 30.3 Å². The van der Waals surface area contributed by atoms with Crippen molar-refractivity contribution < 1.29 is 43.0 Å². The Bertz CT molecular complexity index is 846. The van der Waals surface area contributed by atoms with Gasteiger partial charge < -0.3 is 24.8 Å². The molecule has 1 saturated heterocycles. The summed E-state index contributed by atoms with van der Waals surface area (Å²) >= 11 is 0. The highest BCUT2D eigenvalue weighted by atomic mass is 16.7. The van der Waals surface area contributed by atoms with Gasteiger partial charge in [0.15, 0.2) is 6.10 Å². The molecule has 0 spiro atoms. The molecule has 1 aliphatic rings. The predicted molar refractivity (Wildman–Crippen MR) is 106 cm³/mol. The van der Waals surface area contributed by atoms with Gasteiger partial charge in [-0.2, -0.15) is 0 Å². The van der Waals surface area contributed by atoms with Gasteiger partial charge in [0.2, 0.25) is 5.91 Å². The van der Waals surface area contributed by atoms with Crippen LogP contribution in [0.4, 0.5) is 4.79 Å². The van der Waals surface area contributed by atoms with Crippen molar-refractivity contribution >= 4 is 29.8 Å². The van der Waals surface area contributed by atoms with Crippen LogP contribution in [0.1, 0.15) is 18.9 Å². The Balaban J connectivity index is 1.96. The number of benzene rings is 1. The van der Waals surface area contributed by atoms with Crippen molar-refractivity contribution in [3.05, 3.63) is 35.9 Å². The first-order valence-electron chi connectivity index (χ1n) is 9.66. The van der Waals surface area contributed by atoms with Crippen LogP contribution in [-0.2, 0) is 44.8 Å². The van der Waals surface area contributed by atoms with Gasteiger partial charge in [0.1, 0.15) is 25.2 Å². The van der Waals surface area contributed by atoms with E-state index in [0.717, 1.165) is 19.8 Å². The van der Waals surface area contributed by atoms with Gasteiger partial charge in [-0.3, -0.25) is 14.4 Å². The number of carbonyl (C=O) groups is 5. The second kappa shape index (κ2) is 11.6. The third kappa shape index (κ3) is 6.67. The lowest BCUT2D eigenvalue weighted by Crippen LogP contribution is -2.51. The van der Waals surface area contributed by atoms with E-state index in [2.05, 4.69) is 20.1 Å². The first-order chi connectivity index (χ1) is 15.3. The van der Waals surface area contributed by atoms with Crippen molar-refractivity contribution in [2.24, 2.45) is 0 Å². The maximum atomic E-state index is 12.6. The molecule has 1 fully saturated rings. The van der Waals surface area contributed by atoms with E-state index in [1.54, 1.807) is 24.3 Å². The zero-order chi connectivity index (χ0) is 23.7. The third-order valence-corrected chi connectivity index (χ3v) is 4.48. The number of amides is 3. The van der Waals surface area contributed by atoms with Crippen molar-refractivity contribution in [3.8, 4) is 0 Å². The number of carbonyl (C=O) groups excluding carboxylic acids is 5. The van der Waals surface area contributed by atoms with Gasteiger partial charge in [-0.05, 0) is 12.5 Å². The summed E-state index contributed by atoms with van der Waals surface area (Å²) in [6.07, 6.45) is -2.26. The summed E-state index contributed by atoms with van der Waals surface area (Å²) in [5.74, 6) is -3.02. The van der Waals surface area contributed by atoms with Crippen molar-refractivity contribution in [2.45, 2.75) is 38.1 Å².